The maximum Gasteiger partial charge on any atom is 0.233 e. The van der Waals surface area contributed by atoms with Crippen molar-refractivity contribution < 1.29 is 4.79 Å². The van der Waals surface area contributed by atoms with E-state index < -0.39 is 0 Å². The summed E-state index contributed by atoms with van der Waals surface area (Å²) in [5, 5.41) is 0. The van der Waals surface area contributed by atoms with Gasteiger partial charge in [-0.1, -0.05) is 34.1 Å². The quantitative estimate of drug-likeness (QED) is 0.251. The van der Waals surface area contributed by atoms with Crippen molar-refractivity contribution in [3.8, 4) is 0 Å². The molecule has 0 rings (SSSR count). The molecule has 0 aliphatic carbocycles. The van der Waals surface area contributed by atoms with Gasteiger partial charge < -0.3 is 4.90 Å². The van der Waals surface area contributed by atoms with Crippen molar-refractivity contribution in [2.45, 2.75) is 66.2 Å². The van der Waals surface area contributed by atoms with Crippen LogP contribution in [0, 0.1) is 11.8 Å². The Labute approximate surface area is 125 Å². The summed E-state index contributed by atoms with van der Waals surface area (Å²) >= 11 is 0. The third kappa shape index (κ3) is 12.4. The van der Waals surface area contributed by atoms with Crippen molar-refractivity contribution in [3.05, 3.63) is 0 Å². The molecule has 0 aliphatic rings. The number of rotatable bonds is 12. The number of nitrogens with zero attached hydrogens (tertiary/aromatic N) is 1. The SMILES string of the molecule is CC(C)CCN(CCCCCC(=O)NN)CCC(C)C. The van der Waals surface area contributed by atoms with Gasteiger partial charge in [0.05, 0.1) is 0 Å². The molecule has 4 nitrogen and oxygen atoms in total. The second kappa shape index (κ2) is 12.2. The Morgan fingerprint density at radius 3 is 1.95 bits per heavy atom. The summed E-state index contributed by atoms with van der Waals surface area (Å²) in [5.41, 5.74) is 2.18. The molecule has 4 heteroatoms. The lowest BCUT2D eigenvalue weighted by Gasteiger charge is -2.24. The molecule has 0 heterocycles. The van der Waals surface area contributed by atoms with Gasteiger partial charge >= 0.3 is 0 Å². The van der Waals surface area contributed by atoms with Crippen LogP contribution in [0.1, 0.15) is 66.2 Å². The number of nitrogens with one attached hydrogen (secondary N) is 1. The Morgan fingerprint density at radius 2 is 1.50 bits per heavy atom. The number of carbonyl (C=O) groups excluding carboxylic acids is 1. The van der Waals surface area contributed by atoms with Crippen LogP contribution in [-0.2, 0) is 4.79 Å². The fourth-order valence-electron chi connectivity index (χ4n) is 2.09. The molecule has 3 N–H and O–H groups in total. The first kappa shape index (κ1) is 19.4. The first-order chi connectivity index (χ1) is 9.45. The van der Waals surface area contributed by atoms with E-state index in [0.717, 1.165) is 31.2 Å². The van der Waals surface area contributed by atoms with Crippen LogP contribution in [0.2, 0.25) is 0 Å². The number of hydrazine groups is 1. The lowest BCUT2D eigenvalue weighted by atomic mass is 10.1. The highest BCUT2D eigenvalue weighted by Crippen LogP contribution is 2.09. The number of unbranched alkanes of at least 4 members (excludes halogenated alkanes) is 2. The van der Waals surface area contributed by atoms with E-state index in [-0.39, 0.29) is 5.91 Å². The van der Waals surface area contributed by atoms with Crippen LogP contribution in [0.15, 0.2) is 0 Å². The Balaban J connectivity index is 3.80. The molecule has 1 amide bonds. The summed E-state index contributed by atoms with van der Waals surface area (Å²) in [5.74, 6) is 6.55. The Kier molecular flexibility index (Phi) is 11.8. The molecule has 120 valence electrons. The van der Waals surface area contributed by atoms with Gasteiger partial charge in [0.25, 0.3) is 0 Å². The third-order valence-corrected chi connectivity index (χ3v) is 3.58. The van der Waals surface area contributed by atoms with Crippen LogP contribution in [0.4, 0.5) is 0 Å². The van der Waals surface area contributed by atoms with E-state index in [2.05, 4.69) is 38.0 Å². The summed E-state index contributed by atoms with van der Waals surface area (Å²) in [7, 11) is 0. The highest BCUT2D eigenvalue weighted by molar-refractivity contribution is 5.74. The van der Waals surface area contributed by atoms with E-state index in [1.165, 1.54) is 32.4 Å². The van der Waals surface area contributed by atoms with Gasteiger partial charge in [-0.2, -0.15) is 0 Å². The largest absolute Gasteiger partial charge is 0.303 e. The Morgan fingerprint density at radius 1 is 0.950 bits per heavy atom. The summed E-state index contributed by atoms with van der Waals surface area (Å²) < 4.78 is 0. The van der Waals surface area contributed by atoms with E-state index in [1.54, 1.807) is 0 Å². The van der Waals surface area contributed by atoms with E-state index in [9.17, 15) is 4.79 Å². The van der Waals surface area contributed by atoms with Crippen molar-refractivity contribution in [2.75, 3.05) is 19.6 Å². The second-order valence-electron chi connectivity index (χ2n) is 6.58. The van der Waals surface area contributed by atoms with Gasteiger partial charge in [-0.25, -0.2) is 5.84 Å². The molecule has 0 aliphatic heterocycles. The van der Waals surface area contributed by atoms with Crippen LogP contribution in [0.5, 0.6) is 0 Å². The highest BCUT2D eigenvalue weighted by atomic mass is 16.2. The van der Waals surface area contributed by atoms with Gasteiger partial charge in [0.2, 0.25) is 5.91 Å². The van der Waals surface area contributed by atoms with E-state index in [0.29, 0.717) is 6.42 Å². The lowest BCUT2D eigenvalue weighted by Crippen LogP contribution is -2.30. The van der Waals surface area contributed by atoms with Crippen molar-refractivity contribution in [1.82, 2.24) is 10.3 Å². The minimum atomic E-state index is -0.0542. The Hall–Kier alpha value is -0.610. The number of hydrogen-bond acceptors (Lipinski definition) is 3. The van der Waals surface area contributed by atoms with Crippen molar-refractivity contribution in [1.29, 1.82) is 0 Å². The zero-order valence-electron chi connectivity index (χ0n) is 14.0. The smallest absolute Gasteiger partial charge is 0.233 e. The van der Waals surface area contributed by atoms with E-state index in [4.69, 9.17) is 5.84 Å². The lowest BCUT2D eigenvalue weighted by molar-refractivity contribution is -0.121. The standard InChI is InChI=1S/C16H35N3O/c1-14(2)9-12-19(13-10-15(3)4)11-7-5-6-8-16(20)18-17/h14-15H,5-13,17H2,1-4H3,(H,18,20). The molecular weight excluding hydrogens is 250 g/mol. The first-order valence-electron chi connectivity index (χ1n) is 8.17. The Bertz CT molecular complexity index is 230. The molecule has 0 saturated heterocycles. The predicted octanol–water partition coefficient (Wildman–Crippen LogP) is 2.93. The molecule has 0 atom stereocenters. The maximum absolute atomic E-state index is 11.0. The van der Waals surface area contributed by atoms with Crippen LogP contribution in [0.25, 0.3) is 0 Å². The minimum Gasteiger partial charge on any atom is -0.303 e. The van der Waals surface area contributed by atoms with Crippen LogP contribution >= 0.6 is 0 Å². The van der Waals surface area contributed by atoms with Crippen molar-refractivity contribution in [2.24, 2.45) is 17.7 Å². The summed E-state index contributed by atoms with van der Waals surface area (Å²) in [6.07, 6.45) is 6.31. The van der Waals surface area contributed by atoms with Crippen LogP contribution in [0.3, 0.4) is 0 Å². The number of nitrogens with two attached hydrogens (primary N) is 1. The summed E-state index contributed by atoms with van der Waals surface area (Å²) in [6, 6.07) is 0. The zero-order chi connectivity index (χ0) is 15.4. The van der Waals surface area contributed by atoms with E-state index >= 15 is 0 Å². The first-order valence-corrected chi connectivity index (χ1v) is 8.17. The van der Waals surface area contributed by atoms with Gasteiger partial charge in [0.15, 0.2) is 0 Å². The molecule has 0 fully saturated rings. The molecule has 0 aromatic rings. The molecule has 0 bridgehead atoms. The molecule has 0 saturated carbocycles. The average Bonchev–Trinajstić information content (AvgIpc) is 2.39. The van der Waals surface area contributed by atoms with Gasteiger partial charge in [-0.05, 0) is 57.2 Å². The number of amides is 1. The van der Waals surface area contributed by atoms with Gasteiger partial charge in [0, 0.05) is 6.42 Å². The summed E-state index contributed by atoms with van der Waals surface area (Å²) in [6.45, 7) is 12.7. The normalized spacial score (nSPS) is 11.6. The molecular formula is C16H35N3O. The van der Waals surface area contributed by atoms with Gasteiger partial charge in [0.1, 0.15) is 0 Å². The van der Waals surface area contributed by atoms with Crippen molar-refractivity contribution >= 4 is 5.91 Å². The van der Waals surface area contributed by atoms with Crippen molar-refractivity contribution in [3.63, 3.8) is 0 Å². The second-order valence-corrected chi connectivity index (χ2v) is 6.58. The van der Waals surface area contributed by atoms with Gasteiger partial charge in [-0.15, -0.1) is 0 Å². The fourth-order valence-corrected chi connectivity index (χ4v) is 2.09. The zero-order valence-corrected chi connectivity index (χ0v) is 14.0. The fraction of sp³-hybridized carbons (Fsp3) is 0.938. The third-order valence-electron chi connectivity index (χ3n) is 3.58. The van der Waals surface area contributed by atoms with Gasteiger partial charge in [-0.3, -0.25) is 10.2 Å². The average molecular weight is 285 g/mol. The predicted molar refractivity (Wildman–Crippen MR) is 86.1 cm³/mol. The molecule has 0 radical (unpaired) electrons. The summed E-state index contributed by atoms with van der Waals surface area (Å²) in [4.78, 5) is 13.6. The monoisotopic (exact) mass is 285 g/mol. The number of carbonyl (C=O) groups is 1. The minimum absolute atomic E-state index is 0.0542. The molecule has 0 unspecified atom stereocenters. The molecule has 0 aromatic carbocycles. The molecule has 0 aromatic heterocycles. The highest BCUT2D eigenvalue weighted by Gasteiger charge is 2.07. The van der Waals surface area contributed by atoms with Crippen LogP contribution < -0.4 is 11.3 Å². The maximum atomic E-state index is 11.0. The topological polar surface area (TPSA) is 58.4 Å². The van der Waals surface area contributed by atoms with Crippen LogP contribution in [-0.4, -0.2) is 30.4 Å². The molecule has 0 spiro atoms. The molecule has 20 heavy (non-hydrogen) atoms. The number of hydrogen-bond donors (Lipinski definition) is 2. The van der Waals surface area contributed by atoms with E-state index in [1.807, 2.05) is 0 Å².